The Kier molecular flexibility index (Phi) is 16.2. The van der Waals surface area contributed by atoms with Crippen molar-refractivity contribution >= 4 is 41.7 Å². The van der Waals surface area contributed by atoms with E-state index in [1.54, 1.807) is 5.43 Å². The number of benzene rings is 1. The SMILES string of the molecule is NC(=NCCC[C@H](NC(=O)[C@@H](CCCCNC(=O)OCc1ccccc1)NC(=O)CNC(=O)[C@H]1CCC(=O)N1)C(=O)O)NN([O-])O. The van der Waals surface area contributed by atoms with Gasteiger partial charge in [0.05, 0.1) is 6.54 Å². The fraction of sp³-hybridized carbons (Fsp3) is 0.519. The van der Waals surface area contributed by atoms with Crippen LogP contribution >= 0.6 is 0 Å². The van der Waals surface area contributed by atoms with Crippen LogP contribution in [0.25, 0.3) is 0 Å². The number of hydrazine groups is 1. The maximum Gasteiger partial charge on any atom is 0.407 e. The summed E-state index contributed by atoms with van der Waals surface area (Å²) in [5, 5.41) is 40.3. The number of carboxylic acid groups (broad SMARTS) is 1. The fourth-order valence-electron chi connectivity index (χ4n) is 4.21. The number of aliphatic imine (C=N–C) groups is 1. The third-order valence-electron chi connectivity index (χ3n) is 6.55. The van der Waals surface area contributed by atoms with Crippen LogP contribution in [0.2, 0.25) is 0 Å². The molecular weight excluding hydrogens is 610 g/mol. The van der Waals surface area contributed by atoms with Crippen LogP contribution in [0.4, 0.5) is 4.79 Å². The number of rotatable bonds is 19. The molecule has 0 radical (unpaired) electrons. The van der Waals surface area contributed by atoms with Crippen LogP contribution in [0.3, 0.4) is 0 Å². The number of amides is 5. The Bertz CT molecular complexity index is 1220. The van der Waals surface area contributed by atoms with E-state index in [9.17, 15) is 39.1 Å². The quantitative estimate of drug-likeness (QED) is 0.0350. The van der Waals surface area contributed by atoms with Crippen LogP contribution in [0.15, 0.2) is 35.3 Å². The Morgan fingerprint density at radius 3 is 2.43 bits per heavy atom. The summed E-state index contributed by atoms with van der Waals surface area (Å²) in [5.41, 5.74) is 7.94. The van der Waals surface area contributed by atoms with Gasteiger partial charge >= 0.3 is 12.1 Å². The zero-order valence-corrected chi connectivity index (χ0v) is 25.0. The van der Waals surface area contributed by atoms with Gasteiger partial charge in [-0.2, -0.15) is 5.34 Å². The highest BCUT2D eigenvalue weighted by atomic mass is 16.8. The predicted molar refractivity (Wildman–Crippen MR) is 160 cm³/mol. The normalized spacial score (nSPS) is 15.7. The average Bonchev–Trinajstić information content (AvgIpc) is 3.45. The maximum absolute atomic E-state index is 13.1. The van der Waals surface area contributed by atoms with Gasteiger partial charge in [0.25, 0.3) is 0 Å². The zero-order chi connectivity index (χ0) is 33.9. The smallest absolute Gasteiger partial charge is 0.407 e. The molecule has 0 bridgehead atoms. The molecule has 10 N–H and O–H groups in total. The molecule has 19 heteroatoms. The Labute approximate surface area is 264 Å². The molecule has 0 aromatic heterocycles. The number of unbranched alkanes of at least 4 members (excludes halogenated alkanes) is 1. The number of carbonyl (C=O) groups is 6. The third-order valence-corrected chi connectivity index (χ3v) is 6.55. The minimum atomic E-state index is -1.36. The molecule has 1 aromatic carbocycles. The Morgan fingerprint density at radius 1 is 1.07 bits per heavy atom. The standard InChI is InChI=1S/C27H40N9O10/c28-26(35-36(44)45)29-14-6-10-20(25(41)42)34-24(40)18(33-22(38)15-31-23(39)19-11-12-21(37)32-19)9-4-5-13-30-27(43)46-16-17-7-2-1-3-8-17/h1-3,7-8,18-20,44H,4-6,9-16H2,(H,30,43)(H,31,39)(H,32,37)(H,33,38)(H,34,40)(H,41,42)(H3,28,29,35)/q-1/t18-,19-,20+/m1/s1. The van der Waals surface area contributed by atoms with E-state index in [1.807, 2.05) is 30.3 Å². The van der Waals surface area contributed by atoms with Crippen molar-refractivity contribution in [3.05, 3.63) is 41.1 Å². The number of ether oxygens (including phenoxy) is 1. The first-order valence-electron chi connectivity index (χ1n) is 14.5. The van der Waals surface area contributed by atoms with Crippen molar-refractivity contribution in [3.8, 4) is 0 Å². The van der Waals surface area contributed by atoms with Gasteiger partial charge in [-0.15, -0.1) is 0 Å². The highest BCUT2D eigenvalue weighted by Crippen LogP contribution is 2.07. The lowest BCUT2D eigenvalue weighted by Crippen LogP contribution is -2.53. The second-order valence-electron chi connectivity index (χ2n) is 10.2. The van der Waals surface area contributed by atoms with E-state index in [2.05, 4.69) is 31.6 Å². The molecule has 0 saturated carbocycles. The van der Waals surface area contributed by atoms with E-state index in [1.165, 1.54) is 0 Å². The largest absolute Gasteiger partial charge is 0.744 e. The molecular formula is C27H40N9O10-. The van der Waals surface area contributed by atoms with Crippen molar-refractivity contribution in [3.63, 3.8) is 0 Å². The number of carbonyl (C=O) groups excluding carboxylic acids is 5. The fourth-order valence-corrected chi connectivity index (χ4v) is 4.21. The second-order valence-corrected chi connectivity index (χ2v) is 10.2. The summed E-state index contributed by atoms with van der Waals surface area (Å²) >= 11 is 0. The molecule has 1 saturated heterocycles. The second kappa shape index (κ2) is 20.1. The summed E-state index contributed by atoms with van der Waals surface area (Å²) in [6.07, 6.45) is 0.669. The van der Waals surface area contributed by atoms with Gasteiger partial charge < -0.3 is 52.6 Å². The average molecular weight is 651 g/mol. The number of nitrogens with zero attached hydrogens (tertiary/aromatic N) is 2. The summed E-state index contributed by atoms with van der Waals surface area (Å²) in [6.45, 7) is -0.230. The topological polar surface area (TPSA) is 289 Å². The van der Waals surface area contributed by atoms with Crippen LogP contribution in [0, 0.1) is 5.21 Å². The number of hydrogen-bond donors (Lipinski definition) is 9. The lowest BCUT2D eigenvalue weighted by atomic mass is 10.1. The molecule has 254 valence electrons. The first kappa shape index (κ1) is 37.2. The third kappa shape index (κ3) is 15.1. The lowest BCUT2D eigenvalue weighted by molar-refractivity contribution is -0.142. The number of carboxylic acids is 1. The van der Waals surface area contributed by atoms with Crippen molar-refractivity contribution in [2.75, 3.05) is 19.6 Å². The molecule has 3 atom stereocenters. The van der Waals surface area contributed by atoms with E-state index >= 15 is 0 Å². The van der Waals surface area contributed by atoms with Crippen molar-refractivity contribution in [1.29, 1.82) is 0 Å². The summed E-state index contributed by atoms with van der Waals surface area (Å²) in [4.78, 5) is 76.8. The van der Waals surface area contributed by atoms with Gasteiger partial charge in [0.1, 0.15) is 24.7 Å². The Balaban J connectivity index is 1.89. The molecule has 1 fully saturated rings. The molecule has 5 amide bonds. The molecule has 1 heterocycles. The van der Waals surface area contributed by atoms with Gasteiger partial charge in [-0.1, -0.05) is 30.3 Å². The summed E-state index contributed by atoms with van der Waals surface area (Å²) in [5.74, 6) is -4.10. The molecule has 2 rings (SSSR count). The van der Waals surface area contributed by atoms with E-state index in [0.29, 0.717) is 12.8 Å². The number of hydrogen-bond acceptors (Lipinski definition) is 11. The molecule has 0 aliphatic carbocycles. The Hall–Kier alpha value is -5.01. The molecule has 0 unspecified atom stereocenters. The lowest BCUT2D eigenvalue weighted by Gasteiger charge is -2.22. The van der Waals surface area contributed by atoms with E-state index < -0.39 is 65.7 Å². The van der Waals surface area contributed by atoms with Gasteiger partial charge in [0.15, 0.2) is 0 Å². The van der Waals surface area contributed by atoms with Gasteiger partial charge in [0, 0.05) is 19.5 Å². The van der Waals surface area contributed by atoms with Gasteiger partial charge in [-0.3, -0.25) is 29.6 Å². The molecule has 46 heavy (non-hydrogen) atoms. The van der Waals surface area contributed by atoms with Crippen LogP contribution in [-0.2, 0) is 35.3 Å². The van der Waals surface area contributed by atoms with Crippen molar-refractivity contribution < 1.29 is 43.8 Å². The molecule has 0 spiro atoms. The highest BCUT2D eigenvalue weighted by molar-refractivity contribution is 5.94. The van der Waals surface area contributed by atoms with E-state index in [-0.39, 0.29) is 57.7 Å². The van der Waals surface area contributed by atoms with Gasteiger partial charge in [-0.25, -0.2) is 9.59 Å². The summed E-state index contributed by atoms with van der Waals surface area (Å²) < 4.78 is 5.14. The minimum Gasteiger partial charge on any atom is -0.744 e. The first-order valence-corrected chi connectivity index (χ1v) is 14.5. The van der Waals surface area contributed by atoms with Crippen molar-refractivity contribution in [2.45, 2.75) is 69.7 Å². The van der Waals surface area contributed by atoms with E-state index in [4.69, 9.17) is 15.7 Å². The summed E-state index contributed by atoms with van der Waals surface area (Å²) in [6, 6.07) is 5.77. The zero-order valence-electron chi connectivity index (χ0n) is 25.0. The summed E-state index contributed by atoms with van der Waals surface area (Å²) in [7, 11) is 0. The van der Waals surface area contributed by atoms with Gasteiger partial charge in [0.2, 0.25) is 29.6 Å². The first-order chi connectivity index (χ1) is 21.9. The van der Waals surface area contributed by atoms with Crippen LogP contribution in [-0.4, -0.2) is 95.1 Å². The van der Waals surface area contributed by atoms with Crippen LogP contribution in [0.5, 0.6) is 0 Å². The monoisotopic (exact) mass is 650 g/mol. The molecule has 1 aliphatic rings. The van der Waals surface area contributed by atoms with Crippen molar-refractivity contribution in [1.82, 2.24) is 37.3 Å². The molecule has 1 aliphatic heterocycles. The van der Waals surface area contributed by atoms with Crippen LogP contribution in [0.1, 0.15) is 50.5 Å². The van der Waals surface area contributed by atoms with Gasteiger partial charge in [-0.05, 0) is 44.1 Å². The number of nitrogens with two attached hydrogens (primary N) is 1. The van der Waals surface area contributed by atoms with Crippen molar-refractivity contribution in [2.24, 2.45) is 10.7 Å². The predicted octanol–water partition coefficient (Wildman–Crippen LogP) is -1.68. The number of nitrogens with one attached hydrogen (secondary N) is 6. The number of aliphatic carboxylic acids is 1. The maximum atomic E-state index is 13.1. The highest BCUT2D eigenvalue weighted by Gasteiger charge is 2.29. The molecule has 19 nitrogen and oxygen atoms in total. The Morgan fingerprint density at radius 2 is 1.78 bits per heavy atom. The molecule has 1 aromatic rings. The van der Waals surface area contributed by atoms with E-state index in [0.717, 1.165) is 5.56 Å². The van der Waals surface area contributed by atoms with Crippen LogP contribution < -0.4 is 37.7 Å². The minimum absolute atomic E-state index is 0.0333. The number of guanidine groups is 1. The number of alkyl carbamates (subject to hydrolysis) is 1.